The summed E-state index contributed by atoms with van der Waals surface area (Å²) in [5.74, 6) is -0.846. The molecule has 3 rings (SSSR count). The first kappa shape index (κ1) is 20.9. The molecule has 154 valence electrons. The zero-order valence-electron chi connectivity index (χ0n) is 17.6. The van der Waals surface area contributed by atoms with Gasteiger partial charge in [-0.1, -0.05) is 20.8 Å². The van der Waals surface area contributed by atoms with E-state index >= 15 is 0 Å². The Morgan fingerprint density at radius 2 is 1.97 bits per heavy atom. The lowest BCUT2D eigenvalue weighted by atomic mass is 9.65. The lowest BCUT2D eigenvalue weighted by molar-refractivity contribution is -0.112. The molecule has 1 amide bonds. The lowest BCUT2D eigenvalue weighted by Crippen LogP contribution is -2.33. The van der Waals surface area contributed by atoms with E-state index in [1.165, 1.54) is 0 Å². The molecule has 2 atom stereocenters. The summed E-state index contributed by atoms with van der Waals surface area (Å²) in [5.41, 5.74) is 1.53. The zero-order chi connectivity index (χ0) is 21.2. The molecule has 2 aliphatic rings. The van der Waals surface area contributed by atoms with Crippen LogP contribution in [0.5, 0.6) is 0 Å². The number of likely N-dealkylation sites (tertiary alicyclic amines) is 1. The number of fused-ring (bicyclic) bond motifs is 2. The minimum atomic E-state index is -0.442. The third-order valence-electron chi connectivity index (χ3n) is 5.77. The molecule has 2 fully saturated rings. The van der Waals surface area contributed by atoms with E-state index < -0.39 is 11.9 Å². The molecule has 1 aliphatic carbocycles. The fourth-order valence-corrected chi connectivity index (χ4v) is 5.06. The van der Waals surface area contributed by atoms with E-state index in [1.54, 1.807) is 37.4 Å². The summed E-state index contributed by atoms with van der Waals surface area (Å²) in [7, 11) is 0. The smallest absolute Gasteiger partial charge is 0.338 e. The highest BCUT2D eigenvalue weighted by atomic mass is 16.5. The molecule has 1 aromatic rings. The molecule has 2 unspecified atom stereocenters. The van der Waals surface area contributed by atoms with Crippen LogP contribution in [-0.4, -0.2) is 36.0 Å². The number of carbonyl (C=O) groups excluding carboxylic acids is 2. The van der Waals surface area contributed by atoms with E-state index in [0.29, 0.717) is 23.9 Å². The van der Waals surface area contributed by atoms with E-state index in [-0.39, 0.29) is 16.4 Å². The number of hydrogen-bond donors (Lipinski definition) is 1. The number of esters is 1. The molecule has 1 saturated heterocycles. The Kier molecular flexibility index (Phi) is 5.70. The number of nitrogens with zero attached hydrogens (tertiary/aromatic N) is 2. The highest BCUT2D eigenvalue weighted by molar-refractivity contribution is 6.06. The van der Waals surface area contributed by atoms with Gasteiger partial charge in [0.25, 0.3) is 5.91 Å². The highest BCUT2D eigenvalue weighted by Gasteiger charge is 2.48. The van der Waals surface area contributed by atoms with Crippen LogP contribution < -0.4 is 5.32 Å². The van der Waals surface area contributed by atoms with Gasteiger partial charge in [-0.2, -0.15) is 5.26 Å². The van der Waals surface area contributed by atoms with E-state index in [2.05, 4.69) is 31.0 Å². The van der Waals surface area contributed by atoms with E-state index in [0.717, 1.165) is 25.8 Å². The van der Waals surface area contributed by atoms with E-state index in [4.69, 9.17) is 4.74 Å². The van der Waals surface area contributed by atoms with Gasteiger partial charge in [-0.3, -0.25) is 4.79 Å². The van der Waals surface area contributed by atoms with Gasteiger partial charge in [-0.05, 0) is 61.3 Å². The van der Waals surface area contributed by atoms with Gasteiger partial charge in [0.05, 0.1) is 12.2 Å². The number of nitrogens with one attached hydrogen (secondary N) is 1. The highest BCUT2D eigenvalue weighted by Crippen LogP contribution is 2.52. The molecule has 1 heterocycles. The molecule has 1 aromatic carbocycles. The van der Waals surface area contributed by atoms with Crippen molar-refractivity contribution in [3.05, 3.63) is 41.6 Å². The average molecular weight is 396 g/mol. The Bertz CT molecular complexity index is 866. The van der Waals surface area contributed by atoms with Gasteiger partial charge < -0.3 is 15.0 Å². The van der Waals surface area contributed by atoms with Crippen molar-refractivity contribution >= 4 is 17.6 Å². The van der Waals surface area contributed by atoms with Crippen molar-refractivity contribution in [3.63, 3.8) is 0 Å². The summed E-state index contributed by atoms with van der Waals surface area (Å²) < 4.78 is 4.95. The fourth-order valence-electron chi connectivity index (χ4n) is 5.06. The van der Waals surface area contributed by atoms with Crippen LogP contribution in [0.2, 0.25) is 0 Å². The maximum atomic E-state index is 12.6. The van der Waals surface area contributed by atoms with Crippen molar-refractivity contribution in [2.45, 2.75) is 53.0 Å². The van der Waals surface area contributed by atoms with Crippen molar-refractivity contribution in [2.24, 2.45) is 10.8 Å². The van der Waals surface area contributed by atoms with Gasteiger partial charge in [0.1, 0.15) is 11.6 Å². The molecule has 1 N–H and O–H groups in total. The number of carbonyl (C=O) groups is 2. The van der Waals surface area contributed by atoms with Crippen LogP contribution in [0, 0.1) is 22.2 Å². The second-order valence-electron chi connectivity index (χ2n) is 9.29. The van der Waals surface area contributed by atoms with Crippen molar-refractivity contribution in [2.75, 3.05) is 18.5 Å². The van der Waals surface area contributed by atoms with Crippen molar-refractivity contribution in [1.82, 2.24) is 4.90 Å². The molecule has 6 heteroatoms. The minimum absolute atomic E-state index is 0.0911. The number of hydrogen-bond acceptors (Lipinski definition) is 5. The molecule has 0 radical (unpaired) electrons. The summed E-state index contributed by atoms with van der Waals surface area (Å²) in [6, 6.07) is 8.85. The number of anilines is 1. The average Bonchev–Trinajstić information content (AvgIpc) is 2.88. The van der Waals surface area contributed by atoms with Crippen molar-refractivity contribution in [1.29, 1.82) is 5.26 Å². The molecule has 1 aliphatic heterocycles. The zero-order valence-corrected chi connectivity index (χ0v) is 17.6. The second kappa shape index (κ2) is 7.90. The van der Waals surface area contributed by atoms with Gasteiger partial charge in [0.2, 0.25) is 0 Å². The molecule has 6 nitrogen and oxygen atoms in total. The Hall–Kier alpha value is -2.81. The maximum absolute atomic E-state index is 12.6. The summed E-state index contributed by atoms with van der Waals surface area (Å²) in [6.45, 7) is 9.81. The van der Waals surface area contributed by atoms with Crippen molar-refractivity contribution < 1.29 is 14.3 Å². The van der Waals surface area contributed by atoms with E-state index in [9.17, 15) is 14.9 Å². The SMILES string of the molecule is CCOC(=O)c1ccc(NC(=O)/C(C#N)=C\N2CC3(C)CC2CC(C)(C)C3)cc1. The first-order valence-corrected chi connectivity index (χ1v) is 10.1. The largest absolute Gasteiger partial charge is 0.462 e. The number of amides is 1. The third kappa shape index (κ3) is 4.79. The number of benzene rings is 1. The normalized spacial score (nSPS) is 25.3. The van der Waals surface area contributed by atoms with Gasteiger partial charge in [-0.15, -0.1) is 0 Å². The summed E-state index contributed by atoms with van der Waals surface area (Å²) in [4.78, 5) is 26.5. The first-order chi connectivity index (χ1) is 13.6. The Balaban J connectivity index is 1.70. The van der Waals surface area contributed by atoms with Crippen molar-refractivity contribution in [3.8, 4) is 6.07 Å². The van der Waals surface area contributed by atoms with Crippen LogP contribution in [-0.2, 0) is 9.53 Å². The number of ether oxygens (including phenoxy) is 1. The molecular weight excluding hydrogens is 366 g/mol. The molecule has 29 heavy (non-hydrogen) atoms. The van der Waals surface area contributed by atoms with Crippen LogP contribution in [0.1, 0.15) is 57.3 Å². The topological polar surface area (TPSA) is 82.4 Å². The second-order valence-corrected chi connectivity index (χ2v) is 9.29. The summed E-state index contributed by atoms with van der Waals surface area (Å²) in [5, 5.41) is 12.3. The molecule has 1 saturated carbocycles. The Morgan fingerprint density at radius 3 is 2.59 bits per heavy atom. The third-order valence-corrected chi connectivity index (χ3v) is 5.77. The van der Waals surface area contributed by atoms with Crippen LogP contribution >= 0.6 is 0 Å². The molecule has 0 aromatic heterocycles. The molecule has 2 bridgehead atoms. The van der Waals surface area contributed by atoms with Gasteiger partial charge >= 0.3 is 5.97 Å². The van der Waals surface area contributed by atoms with Gasteiger partial charge in [-0.25, -0.2) is 4.79 Å². The monoisotopic (exact) mass is 395 g/mol. The quantitative estimate of drug-likeness (QED) is 0.461. The van der Waals surface area contributed by atoms with E-state index in [1.807, 2.05) is 6.07 Å². The fraction of sp³-hybridized carbons (Fsp3) is 0.522. The molecular formula is C23H29N3O3. The minimum Gasteiger partial charge on any atom is -0.462 e. The molecule has 0 spiro atoms. The van der Waals surface area contributed by atoms with Gasteiger partial charge in [0.15, 0.2) is 0 Å². The van der Waals surface area contributed by atoms with Gasteiger partial charge in [0, 0.05) is 24.5 Å². The standard InChI is InChI=1S/C23H29N3O3/c1-5-29-21(28)16-6-8-18(9-7-16)25-20(27)17(12-24)13-26-15-23(4)11-19(26)10-22(2,3)14-23/h6-9,13,19H,5,10-11,14-15H2,1-4H3,(H,25,27)/b17-13-. The number of rotatable bonds is 5. The predicted octanol–water partition coefficient (Wildman–Crippen LogP) is 4.11. The van der Waals surface area contributed by atoms with Crippen LogP contribution in [0.3, 0.4) is 0 Å². The Morgan fingerprint density at radius 1 is 1.28 bits per heavy atom. The maximum Gasteiger partial charge on any atom is 0.338 e. The summed E-state index contributed by atoms with van der Waals surface area (Å²) >= 11 is 0. The predicted molar refractivity (Wildman–Crippen MR) is 111 cm³/mol. The summed E-state index contributed by atoms with van der Waals surface area (Å²) in [6.07, 6.45) is 5.04. The Labute approximate surface area is 172 Å². The first-order valence-electron chi connectivity index (χ1n) is 10.1. The van der Waals surface area contributed by atoms with Crippen LogP contribution in [0.15, 0.2) is 36.0 Å². The lowest BCUT2D eigenvalue weighted by Gasteiger charge is -2.39. The number of nitriles is 1. The van der Waals surface area contributed by atoms with Crippen LogP contribution in [0.4, 0.5) is 5.69 Å². The van der Waals surface area contributed by atoms with Crippen LogP contribution in [0.25, 0.3) is 0 Å².